The molecule has 1 nitrogen and oxygen atoms in total. The van der Waals surface area contributed by atoms with Gasteiger partial charge in [0.25, 0.3) is 0 Å². The SMILES string of the molecule is CC1C2C[C@@H]1CCCCCN(C)C2. The fourth-order valence-electron chi connectivity index (χ4n) is 3.09. The molecule has 1 aliphatic carbocycles. The molecular formula is C12H23N. The summed E-state index contributed by atoms with van der Waals surface area (Å²) in [7, 11) is 2.29. The Hall–Kier alpha value is -0.0400. The molecule has 2 aliphatic heterocycles. The van der Waals surface area contributed by atoms with E-state index in [0.29, 0.717) is 0 Å². The second-order valence-corrected chi connectivity index (χ2v) is 5.23. The van der Waals surface area contributed by atoms with E-state index in [0.717, 1.165) is 17.8 Å². The Morgan fingerprint density at radius 3 is 2.69 bits per heavy atom. The zero-order valence-corrected chi connectivity index (χ0v) is 9.13. The number of rotatable bonds is 0. The van der Waals surface area contributed by atoms with E-state index < -0.39 is 0 Å². The fourth-order valence-corrected chi connectivity index (χ4v) is 3.09. The number of fused-ring (bicyclic) bond motifs is 6. The number of hydrogen-bond donors (Lipinski definition) is 0. The third kappa shape index (κ3) is 2.07. The predicted octanol–water partition coefficient (Wildman–Crippen LogP) is 2.76. The average Bonchev–Trinajstić information content (AvgIpc) is 2.14. The van der Waals surface area contributed by atoms with Crippen LogP contribution in [0.2, 0.25) is 0 Å². The Balaban J connectivity index is 1.88. The van der Waals surface area contributed by atoms with Gasteiger partial charge in [-0.15, -0.1) is 0 Å². The van der Waals surface area contributed by atoms with Gasteiger partial charge in [-0.25, -0.2) is 0 Å². The van der Waals surface area contributed by atoms with Crippen LogP contribution in [-0.2, 0) is 0 Å². The Morgan fingerprint density at radius 1 is 1.08 bits per heavy atom. The Labute approximate surface area is 82.5 Å². The fraction of sp³-hybridized carbons (Fsp3) is 1.00. The van der Waals surface area contributed by atoms with Gasteiger partial charge < -0.3 is 4.90 Å². The molecule has 0 radical (unpaired) electrons. The maximum Gasteiger partial charge on any atom is 0.000936 e. The molecular weight excluding hydrogens is 158 g/mol. The van der Waals surface area contributed by atoms with Crippen LogP contribution in [0.25, 0.3) is 0 Å². The summed E-state index contributed by atoms with van der Waals surface area (Å²) in [6.45, 7) is 5.15. The van der Waals surface area contributed by atoms with Gasteiger partial charge in [-0.2, -0.15) is 0 Å². The Morgan fingerprint density at radius 2 is 1.92 bits per heavy atom. The summed E-state index contributed by atoms with van der Waals surface area (Å²) < 4.78 is 0. The second-order valence-electron chi connectivity index (χ2n) is 5.23. The van der Waals surface area contributed by atoms with Gasteiger partial charge in [0.15, 0.2) is 0 Å². The van der Waals surface area contributed by atoms with Crippen LogP contribution in [0.1, 0.15) is 39.0 Å². The number of hydrogen-bond acceptors (Lipinski definition) is 1. The first kappa shape index (κ1) is 9.51. The van der Waals surface area contributed by atoms with Crippen molar-refractivity contribution in [2.75, 3.05) is 20.1 Å². The molecule has 2 saturated heterocycles. The monoisotopic (exact) mass is 181 g/mol. The maximum atomic E-state index is 2.54. The minimum atomic E-state index is 1.01. The molecule has 1 saturated carbocycles. The molecule has 13 heavy (non-hydrogen) atoms. The van der Waals surface area contributed by atoms with Crippen molar-refractivity contribution >= 4 is 0 Å². The lowest BCUT2D eigenvalue weighted by molar-refractivity contribution is 0.0440. The molecule has 2 heterocycles. The van der Waals surface area contributed by atoms with Crippen molar-refractivity contribution in [3.05, 3.63) is 0 Å². The molecule has 76 valence electrons. The van der Waals surface area contributed by atoms with Crippen molar-refractivity contribution in [2.24, 2.45) is 17.8 Å². The van der Waals surface area contributed by atoms with Crippen molar-refractivity contribution in [3.8, 4) is 0 Å². The molecule has 2 bridgehead atoms. The van der Waals surface area contributed by atoms with Gasteiger partial charge in [0.1, 0.15) is 0 Å². The maximum absolute atomic E-state index is 2.54. The van der Waals surface area contributed by atoms with Crippen molar-refractivity contribution < 1.29 is 0 Å². The van der Waals surface area contributed by atoms with E-state index in [4.69, 9.17) is 0 Å². The second kappa shape index (κ2) is 4.00. The smallest absolute Gasteiger partial charge is 0.000936 e. The quantitative estimate of drug-likeness (QED) is 0.555. The molecule has 0 aromatic carbocycles. The zero-order valence-electron chi connectivity index (χ0n) is 9.13. The van der Waals surface area contributed by atoms with E-state index in [1.165, 1.54) is 45.2 Å². The van der Waals surface area contributed by atoms with Crippen LogP contribution in [0.15, 0.2) is 0 Å². The summed E-state index contributed by atoms with van der Waals surface area (Å²) in [5.41, 5.74) is 0. The highest BCUT2D eigenvalue weighted by molar-refractivity contribution is 4.88. The van der Waals surface area contributed by atoms with Crippen molar-refractivity contribution in [1.29, 1.82) is 0 Å². The van der Waals surface area contributed by atoms with Crippen molar-refractivity contribution in [2.45, 2.75) is 39.0 Å². The van der Waals surface area contributed by atoms with E-state index in [-0.39, 0.29) is 0 Å². The predicted molar refractivity (Wildman–Crippen MR) is 56.7 cm³/mol. The summed E-state index contributed by atoms with van der Waals surface area (Å²) in [4.78, 5) is 2.54. The molecule has 3 atom stereocenters. The third-order valence-electron chi connectivity index (χ3n) is 4.25. The van der Waals surface area contributed by atoms with Crippen LogP contribution in [0.4, 0.5) is 0 Å². The summed E-state index contributed by atoms with van der Waals surface area (Å²) in [6.07, 6.45) is 7.39. The highest BCUT2D eigenvalue weighted by Gasteiger charge is 2.37. The highest BCUT2D eigenvalue weighted by Crippen LogP contribution is 2.43. The summed E-state index contributed by atoms with van der Waals surface area (Å²) in [5.74, 6) is 3.12. The van der Waals surface area contributed by atoms with Crippen LogP contribution in [0, 0.1) is 17.8 Å². The van der Waals surface area contributed by atoms with E-state index >= 15 is 0 Å². The van der Waals surface area contributed by atoms with Gasteiger partial charge in [-0.3, -0.25) is 0 Å². The van der Waals surface area contributed by atoms with Gasteiger partial charge in [-0.1, -0.05) is 26.2 Å². The van der Waals surface area contributed by atoms with E-state index in [1.54, 1.807) is 0 Å². The standard InChI is InChI=1S/C12H23N/c1-10-11-6-4-3-5-7-13(2)9-12(10)8-11/h10-12H,3-9H2,1-2H3/t10?,11-,12?/m0/s1. The molecule has 3 aliphatic rings. The molecule has 0 aromatic heterocycles. The third-order valence-corrected chi connectivity index (χ3v) is 4.25. The Kier molecular flexibility index (Phi) is 2.92. The molecule has 2 unspecified atom stereocenters. The van der Waals surface area contributed by atoms with E-state index in [9.17, 15) is 0 Å². The van der Waals surface area contributed by atoms with Crippen LogP contribution in [0.3, 0.4) is 0 Å². The van der Waals surface area contributed by atoms with Gasteiger partial charge in [0.2, 0.25) is 0 Å². The summed E-state index contributed by atoms with van der Waals surface area (Å²) in [6, 6.07) is 0. The first-order valence-corrected chi connectivity index (χ1v) is 5.96. The lowest BCUT2D eigenvalue weighted by atomic mass is 9.63. The molecule has 3 fully saturated rings. The zero-order chi connectivity index (χ0) is 9.26. The van der Waals surface area contributed by atoms with Gasteiger partial charge in [0.05, 0.1) is 0 Å². The van der Waals surface area contributed by atoms with Crippen LogP contribution in [-0.4, -0.2) is 25.0 Å². The van der Waals surface area contributed by atoms with Crippen molar-refractivity contribution in [1.82, 2.24) is 4.90 Å². The molecule has 0 N–H and O–H groups in total. The Bertz CT molecular complexity index is 167. The lowest BCUT2D eigenvalue weighted by Gasteiger charge is -2.45. The minimum absolute atomic E-state index is 1.01. The minimum Gasteiger partial charge on any atom is -0.306 e. The molecule has 3 rings (SSSR count). The topological polar surface area (TPSA) is 3.24 Å². The van der Waals surface area contributed by atoms with Crippen LogP contribution >= 0.6 is 0 Å². The summed E-state index contributed by atoms with van der Waals surface area (Å²) in [5, 5.41) is 0. The van der Waals surface area contributed by atoms with Crippen LogP contribution in [0.5, 0.6) is 0 Å². The van der Waals surface area contributed by atoms with Gasteiger partial charge in [-0.05, 0) is 44.2 Å². The molecule has 0 amide bonds. The number of nitrogens with zero attached hydrogens (tertiary/aromatic N) is 1. The van der Waals surface area contributed by atoms with E-state index in [1.807, 2.05) is 0 Å². The summed E-state index contributed by atoms with van der Waals surface area (Å²) >= 11 is 0. The van der Waals surface area contributed by atoms with Crippen LogP contribution < -0.4 is 0 Å². The molecule has 1 heteroatoms. The first-order valence-electron chi connectivity index (χ1n) is 5.96. The van der Waals surface area contributed by atoms with Gasteiger partial charge in [0, 0.05) is 6.54 Å². The van der Waals surface area contributed by atoms with Gasteiger partial charge >= 0.3 is 0 Å². The first-order chi connectivity index (χ1) is 6.27. The highest BCUT2D eigenvalue weighted by atomic mass is 15.1. The lowest BCUT2D eigenvalue weighted by Crippen LogP contribution is -2.42. The molecule has 0 spiro atoms. The largest absolute Gasteiger partial charge is 0.306 e. The normalized spacial score (nSPS) is 42.5. The van der Waals surface area contributed by atoms with E-state index in [2.05, 4.69) is 18.9 Å². The molecule has 0 aromatic rings. The average molecular weight is 181 g/mol. The van der Waals surface area contributed by atoms with Crippen molar-refractivity contribution in [3.63, 3.8) is 0 Å².